The zero-order chi connectivity index (χ0) is 12.9. The Morgan fingerprint density at radius 3 is 2.53 bits per heavy atom. The zero-order valence-electron chi connectivity index (χ0n) is 11.7. The summed E-state index contributed by atoms with van der Waals surface area (Å²) in [6, 6.07) is 0. The molecule has 0 amide bonds. The van der Waals surface area contributed by atoms with Crippen molar-refractivity contribution in [2.24, 2.45) is 5.92 Å². The van der Waals surface area contributed by atoms with Crippen molar-refractivity contribution < 1.29 is 14.3 Å². The van der Waals surface area contributed by atoms with E-state index in [0.29, 0.717) is 18.9 Å². The maximum Gasteiger partial charge on any atom is 0.305 e. The number of ether oxygens (including phenoxy) is 2. The van der Waals surface area contributed by atoms with E-state index in [9.17, 15) is 4.79 Å². The van der Waals surface area contributed by atoms with E-state index in [0.717, 1.165) is 25.9 Å². The third-order valence-corrected chi connectivity index (χ3v) is 3.00. The summed E-state index contributed by atoms with van der Waals surface area (Å²) in [6.45, 7) is 5.67. The lowest BCUT2D eigenvalue weighted by molar-refractivity contribution is -0.145. The fourth-order valence-corrected chi connectivity index (χ4v) is 1.70. The van der Waals surface area contributed by atoms with E-state index >= 15 is 0 Å². The number of rotatable bonds is 11. The van der Waals surface area contributed by atoms with Gasteiger partial charge in [0.15, 0.2) is 0 Å². The molecule has 0 saturated heterocycles. The molecule has 0 aromatic rings. The van der Waals surface area contributed by atoms with Gasteiger partial charge in [-0.15, -0.1) is 0 Å². The van der Waals surface area contributed by atoms with Gasteiger partial charge < -0.3 is 9.47 Å². The first-order valence-corrected chi connectivity index (χ1v) is 6.89. The average Bonchev–Trinajstić information content (AvgIpc) is 2.35. The minimum Gasteiger partial charge on any atom is -0.465 e. The summed E-state index contributed by atoms with van der Waals surface area (Å²) in [4.78, 5) is 11.4. The highest BCUT2D eigenvalue weighted by Gasteiger charge is 2.09. The molecule has 17 heavy (non-hydrogen) atoms. The first kappa shape index (κ1) is 16.4. The normalized spacial score (nSPS) is 12.4. The Hall–Kier alpha value is -0.570. The molecule has 1 unspecified atom stereocenters. The standard InChI is InChI=1S/C14H28O3/c1-4-6-9-13(5-2)12-17-14(15)10-7-8-11-16-3/h13H,4-12H2,1-3H3. The van der Waals surface area contributed by atoms with Crippen molar-refractivity contribution in [3.05, 3.63) is 0 Å². The van der Waals surface area contributed by atoms with E-state index in [1.807, 2.05) is 0 Å². The summed E-state index contributed by atoms with van der Waals surface area (Å²) in [7, 11) is 1.68. The number of methoxy groups -OCH3 is 1. The Labute approximate surface area is 106 Å². The molecule has 0 aliphatic heterocycles. The molecule has 0 aliphatic rings. The van der Waals surface area contributed by atoms with Crippen molar-refractivity contribution in [2.75, 3.05) is 20.3 Å². The fraction of sp³-hybridized carbons (Fsp3) is 0.929. The molecule has 0 saturated carbocycles. The third kappa shape index (κ3) is 10.3. The minimum atomic E-state index is -0.0592. The SMILES string of the molecule is CCCCC(CC)COC(=O)CCCCOC. The molecular weight excluding hydrogens is 216 g/mol. The van der Waals surface area contributed by atoms with Gasteiger partial charge in [-0.3, -0.25) is 4.79 Å². The lowest BCUT2D eigenvalue weighted by atomic mass is 10.0. The van der Waals surface area contributed by atoms with Gasteiger partial charge in [0, 0.05) is 20.1 Å². The topological polar surface area (TPSA) is 35.5 Å². The van der Waals surface area contributed by atoms with Crippen molar-refractivity contribution >= 4 is 5.97 Å². The molecule has 102 valence electrons. The predicted molar refractivity (Wildman–Crippen MR) is 70.0 cm³/mol. The van der Waals surface area contributed by atoms with Gasteiger partial charge in [0.1, 0.15) is 0 Å². The first-order valence-electron chi connectivity index (χ1n) is 6.89. The molecule has 1 atom stereocenters. The van der Waals surface area contributed by atoms with Gasteiger partial charge in [0.05, 0.1) is 6.61 Å². The maximum absolute atomic E-state index is 11.4. The van der Waals surface area contributed by atoms with Crippen molar-refractivity contribution in [3.8, 4) is 0 Å². The van der Waals surface area contributed by atoms with Crippen LogP contribution in [0.1, 0.15) is 58.8 Å². The first-order chi connectivity index (χ1) is 8.24. The van der Waals surface area contributed by atoms with Gasteiger partial charge in [-0.2, -0.15) is 0 Å². The van der Waals surface area contributed by atoms with Crippen LogP contribution in [-0.2, 0) is 14.3 Å². The molecule has 3 heteroatoms. The second-order valence-electron chi connectivity index (χ2n) is 4.55. The number of unbranched alkanes of at least 4 members (excludes halogenated alkanes) is 2. The van der Waals surface area contributed by atoms with Crippen LogP contribution >= 0.6 is 0 Å². The quantitative estimate of drug-likeness (QED) is 0.412. The van der Waals surface area contributed by atoms with Crippen molar-refractivity contribution in [3.63, 3.8) is 0 Å². The lowest BCUT2D eigenvalue weighted by Gasteiger charge is -2.14. The number of hydrogen-bond acceptors (Lipinski definition) is 3. The highest BCUT2D eigenvalue weighted by molar-refractivity contribution is 5.69. The molecule has 0 aromatic heterocycles. The van der Waals surface area contributed by atoms with Crippen molar-refractivity contribution in [1.82, 2.24) is 0 Å². The van der Waals surface area contributed by atoms with Crippen LogP contribution in [-0.4, -0.2) is 26.3 Å². The van der Waals surface area contributed by atoms with E-state index in [4.69, 9.17) is 9.47 Å². The molecule has 0 aromatic carbocycles. The summed E-state index contributed by atoms with van der Waals surface area (Å²) >= 11 is 0. The molecule has 0 radical (unpaired) electrons. The third-order valence-electron chi connectivity index (χ3n) is 3.00. The predicted octanol–water partition coefficient (Wildman–Crippen LogP) is 3.56. The fourth-order valence-electron chi connectivity index (χ4n) is 1.70. The van der Waals surface area contributed by atoms with Crippen molar-refractivity contribution in [1.29, 1.82) is 0 Å². The second kappa shape index (κ2) is 11.9. The molecule has 0 fully saturated rings. The summed E-state index contributed by atoms with van der Waals surface area (Å²) in [6.07, 6.45) is 7.01. The van der Waals surface area contributed by atoms with Gasteiger partial charge >= 0.3 is 5.97 Å². The van der Waals surface area contributed by atoms with Gasteiger partial charge in [-0.25, -0.2) is 0 Å². The minimum absolute atomic E-state index is 0.0592. The van der Waals surface area contributed by atoms with Crippen LogP contribution < -0.4 is 0 Å². The average molecular weight is 244 g/mol. The Bertz CT molecular complexity index is 180. The lowest BCUT2D eigenvalue weighted by Crippen LogP contribution is -2.13. The van der Waals surface area contributed by atoms with Gasteiger partial charge in [0.2, 0.25) is 0 Å². The van der Waals surface area contributed by atoms with Crippen LogP contribution in [0.15, 0.2) is 0 Å². The molecule has 0 bridgehead atoms. The van der Waals surface area contributed by atoms with E-state index in [1.54, 1.807) is 7.11 Å². The summed E-state index contributed by atoms with van der Waals surface area (Å²) in [5.74, 6) is 0.480. The van der Waals surface area contributed by atoms with Crippen LogP contribution in [0.25, 0.3) is 0 Å². The molecule has 0 aliphatic carbocycles. The van der Waals surface area contributed by atoms with Crippen LogP contribution in [0, 0.1) is 5.92 Å². The smallest absolute Gasteiger partial charge is 0.305 e. The highest BCUT2D eigenvalue weighted by Crippen LogP contribution is 2.13. The van der Waals surface area contributed by atoms with Crippen LogP contribution in [0.5, 0.6) is 0 Å². The Morgan fingerprint density at radius 2 is 1.94 bits per heavy atom. The van der Waals surface area contributed by atoms with E-state index in [2.05, 4.69) is 13.8 Å². The monoisotopic (exact) mass is 244 g/mol. The zero-order valence-corrected chi connectivity index (χ0v) is 11.7. The van der Waals surface area contributed by atoms with Crippen LogP contribution in [0.2, 0.25) is 0 Å². The highest BCUT2D eigenvalue weighted by atomic mass is 16.5. The maximum atomic E-state index is 11.4. The van der Waals surface area contributed by atoms with Gasteiger partial charge in [0.25, 0.3) is 0 Å². The van der Waals surface area contributed by atoms with Gasteiger partial charge in [-0.1, -0.05) is 33.1 Å². The van der Waals surface area contributed by atoms with E-state index < -0.39 is 0 Å². The largest absolute Gasteiger partial charge is 0.465 e. The molecule has 0 N–H and O–H groups in total. The van der Waals surface area contributed by atoms with Crippen LogP contribution in [0.3, 0.4) is 0 Å². The number of hydrogen-bond donors (Lipinski definition) is 0. The molecule has 0 spiro atoms. The second-order valence-corrected chi connectivity index (χ2v) is 4.55. The van der Waals surface area contributed by atoms with Crippen LogP contribution in [0.4, 0.5) is 0 Å². The molecular formula is C14H28O3. The summed E-state index contributed by atoms with van der Waals surface area (Å²) in [5, 5.41) is 0. The van der Waals surface area contributed by atoms with E-state index in [1.165, 1.54) is 19.3 Å². The Kier molecular flexibility index (Phi) is 11.5. The summed E-state index contributed by atoms with van der Waals surface area (Å²) in [5.41, 5.74) is 0. The Balaban J connectivity index is 3.52. The summed E-state index contributed by atoms with van der Waals surface area (Å²) < 4.78 is 10.2. The van der Waals surface area contributed by atoms with Gasteiger partial charge in [-0.05, 0) is 25.2 Å². The van der Waals surface area contributed by atoms with E-state index in [-0.39, 0.29) is 5.97 Å². The molecule has 0 heterocycles. The number of carbonyl (C=O) groups is 1. The molecule has 3 nitrogen and oxygen atoms in total. The number of carbonyl (C=O) groups excluding carboxylic acids is 1. The number of esters is 1. The Morgan fingerprint density at radius 1 is 1.18 bits per heavy atom. The van der Waals surface area contributed by atoms with Crippen molar-refractivity contribution in [2.45, 2.75) is 58.8 Å². The molecule has 0 rings (SSSR count).